The Hall–Kier alpha value is -2.30. The predicted molar refractivity (Wildman–Crippen MR) is 62.3 cm³/mol. The van der Waals surface area contributed by atoms with Gasteiger partial charge >= 0.3 is 6.03 Å². The lowest BCUT2D eigenvalue weighted by atomic mass is 10.2. The molecule has 1 aromatic rings. The lowest BCUT2D eigenvalue weighted by Gasteiger charge is -2.07. The van der Waals surface area contributed by atoms with Crippen LogP contribution in [0.2, 0.25) is 0 Å². The zero-order valence-electron chi connectivity index (χ0n) is 9.56. The summed E-state index contributed by atoms with van der Waals surface area (Å²) in [6.07, 6.45) is 1.64. The Labute approximate surface area is 98.7 Å². The van der Waals surface area contributed by atoms with Gasteiger partial charge in [0, 0.05) is 7.05 Å². The molecule has 0 aromatic heterocycles. The van der Waals surface area contributed by atoms with E-state index in [1.807, 2.05) is 18.2 Å². The maximum Gasteiger partial charge on any atom is 0.328 e. The molecule has 17 heavy (non-hydrogen) atoms. The zero-order chi connectivity index (χ0) is 12.4. The zero-order valence-corrected chi connectivity index (χ0v) is 9.56. The van der Waals surface area contributed by atoms with Crippen LogP contribution in [-0.2, 0) is 4.79 Å². The molecule has 1 aliphatic heterocycles. The third kappa shape index (κ3) is 2.13. The Morgan fingerprint density at radius 3 is 2.71 bits per heavy atom. The highest BCUT2D eigenvalue weighted by atomic mass is 16.5. The molecule has 1 aromatic carbocycles. The fourth-order valence-electron chi connectivity index (χ4n) is 1.56. The molecule has 0 atom stereocenters. The Bertz CT molecular complexity index is 508. The van der Waals surface area contributed by atoms with E-state index in [2.05, 4.69) is 5.32 Å². The number of likely N-dealkylation sites (N-methyl/N-ethyl adjacent to an activating group) is 1. The van der Waals surface area contributed by atoms with E-state index in [0.29, 0.717) is 11.4 Å². The number of hydrogen-bond donors (Lipinski definition) is 1. The minimum Gasteiger partial charge on any atom is -0.497 e. The van der Waals surface area contributed by atoms with Gasteiger partial charge in [0.1, 0.15) is 11.4 Å². The van der Waals surface area contributed by atoms with E-state index in [0.717, 1.165) is 5.56 Å². The fraction of sp³-hybridized carbons (Fsp3) is 0.167. The topological polar surface area (TPSA) is 58.6 Å². The smallest absolute Gasteiger partial charge is 0.328 e. The molecular weight excluding hydrogens is 220 g/mol. The first-order valence-electron chi connectivity index (χ1n) is 5.06. The number of carbonyl (C=O) groups is 2. The van der Waals surface area contributed by atoms with Gasteiger partial charge in [0.25, 0.3) is 5.91 Å². The van der Waals surface area contributed by atoms with Gasteiger partial charge in [-0.25, -0.2) is 4.79 Å². The largest absolute Gasteiger partial charge is 0.497 e. The summed E-state index contributed by atoms with van der Waals surface area (Å²) in [5.41, 5.74) is 1.12. The first-order chi connectivity index (χ1) is 8.11. The second-order valence-electron chi connectivity index (χ2n) is 3.62. The van der Waals surface area contributed by atoms with E-state index >= 15 is 0 Å². The third-order valence-electron chi connectivity index (χ3n) is 2.52. The number of ether oxygens (including phenoxy) is 1. The molecule has 5 nitrogen and oxygen atoms in total. The summed E-state index contributed by atoms with van der Waals surface area (Å²) in [6, 6.07) is 6.84. The quantitative estimate of drug-likeness (QED) is 0.616. The van der Waals surface area contributed by atoms with Crippen molar-refractivity contribution < 1.29 is 14.3 Å². The number of rotatable bonds is 2. The van der Waals surface area contributed by atoms with E-state index in [9.17, 15) is 9.59 Å². The Morgan fingerprint density at radius 1 is 1.35 bits per heavy atom. The van der Waals surface area contributed by atoms with Crippen molar-refractivity contribution in [3.05, 3.63) is 35.5 Å². The van der Waals surface area contributed by atoms with E-state index in [1.165, 1.54) is 4.90 Å². The molecule has 1 N–H and O–H groups in total. The normalized spacial score (nSPS) is 17.5. The molecule has 1 fully saturated rings. The second-order valence-corrected chi connectivity index (χ2v) is 3.62. The Balaban J connectivity index is 2.35. The number of imide groups is 1. The summed E-state index contributed by atoms with van der Waals surface area (Å²) < 4.78 is 5.08. The molecule has 0 radical (unpaired) electrons. The Kier molecular flexibility index (Phi) is 2.82. The molecule has 0 spiro atoms. The van der Waals surface area contributed by atoms with Crippen LogP contribution in [0, 0.1) is 0 Å². The maximum absolute atomic E-state index is 11.5. The van der Waals surface area contributed by atoms with Gasteiger partial charge in [-0.05, 0) is 23.8 Å². The summed E-state index contributed by atoms with van der Waals surface area (Å²) in [4.78, 5) is 24.0. The minimum absolute atomic E-state index is 0.322. The van der Waals surface area contributed by atoms with Crippen LogP contribution in [-0.4, -0.2) is 31.0 Å². The van der Waals surface area contributed by atoms with Gasteiger partial charge in [0.05, 0.1) is 7.11 Å². The average Bonchev–Trinajstić information content (AvgIpc) is 2.56. The maximum atomic E-state index is 11.5. The van der Waals surface area contributed by atoms with E-state index in [4.69, 9.17) is 4.74 Å². The Morgan fingerprint density at radius 2 is 2.12 bits per heavy atom. The highest BCUT2D eigenvalue weighted by Gasteiger charge is 2.29. The molecule has 5 heteroatoms. The van der Waals surface area contributed by atoms with Crippen LogP contribution in [0.5, 0.6) is 5.75 Å². The predicted octanol–water partition coefficient (Wildman–Crippen LogP) is 1.22. The van der Waals surface area contributed by atoms with E-state index < -0.39 is 6.03 Å². The van der Waals surface area contributed by atoms with Crippen LogP contribution in [0.1, 0.15) is 5.56 Å². The summed E-state index contributed by atoms with van der Waals surface area (Å²) in [5, 5.41) is 2.21. The molecule has 88 valence electrons. The van der Waals surface area contributed by atoms with Crippen LogP contribution in [0.3, 0.4) is 0 Å². The first-order valence-corrected chi connectivity index (χ1v) is 5.06. The molecule has 1 saturated heterocycles. The summed E-state index contributed by atoms with van der Waals surface area (Å²) in [6.45, 7) is 0. The van der Waals surface area contributed by atoms with Crippen molar-refractivity contribution in [3.8, 4) is 5.75 Å². The van der Waals surface area contributed by atoms with Crippen LogP contribution in [0.15, 0.2) is 30.0 Å². The van der Waals surface area contributed by atoms with E-state index in [1.54, 1.807) is 26.3 Å². The molecule has 0 aliphatic carbocycles. The van der Waals surface area contributed by atoms with Crippen molar-refractivity contribution in [1.29, 1.82) is 0 Å². The monoisotopic (exact) mass is 232 g/mol. The molecule has 1 aliphatic rings. The summed E-state index contributed by atoms with van der Waals surface area (Å²) >= 11 is 0. The number of methoxy groups -OCH3 is 1. The summed E-state index contributed by atoms with van der Waals surface area (Å²) in [7, 11) is 3.12. The molecule has 1 heterocycles. The van der Waals surface area contributed by atoms with Crippen LogP contribution in [0.25, 0.3) is 6.08 Å². The molecule has 2 rings (SSSR count). The second kappa shape index (κ2) is 4.29. The number of urea groups is 1. The van der Waals surface area contributed by atoms with Crippen LogP contribution >= 0.6 is 0 Å². The van der Waals surface area contributed by atoms with E-state index in [-0.39, 0.29) is 5.91 Å². The average molecular weight is 232 g/mol. The van der Waals surface area contributed by atoms with Crippen molar-refractivity contribution in [3.63, 3.8) is 0 Å². The molecule has 0 saturated carbocycles. The number of amides is 3. The van der Waals surface area contributed by atoms with Crippen molar-refractivity contribution in [2.75, 3.05) is 14.2 Å². The van der Waals surface area contributed by atoms with Gasteiger partial charge in [0.15, 0.2) is 0 Å². The first kappa shape index (κ1) is 11.2. The van der Waals surface area contributed by atoms with Gasteiger partial charge in [0.2, 0.25) is 0 Å². The standard InChI is InChI=1S/C12H12N2O3/c1-14-10(11(15)13-12(14)16)7-8-4-3-5-9(6-8)17-2/h3-7H,1-2H3,(H,13,15,16)/b10-7-. The van der Waals surface area contributed by atoms with Gasteiger partial charge in [-0.3, -0.25) is 15.0 Å². The lowest BCUT2D eigenvalue weighted by molar-refractivity contribution is -0.115. The molecule has 0 unspecified atom stereocenters. The van der Waals surface area contributed by atoms with Gasteiger partial charge in [-0.15, -0.1) is 0 Å². The highest BCUT2D eigenvalue weighted by molar-refractivity contribution is 6.13. The number of nitrogens with one attached hydrogen (secondary N) is 1. The van der Waals surface area contributed by atoms with Crippen molar-refractivity contribution in [2.45, 2.75) is 0 Å². The van der Waals surface area contributed by atoms with Crippen molar-refractivity contribution in [1.82, 2.24) is 10.2 Å². The van der Waals surface area contributed by atoms with Crippen molar-refractivity contribution in [2.24, 2.45) is 0 Å². The number of nitrogens with zero attached hydrogens (tertiary/aromatic N) is 1. The number of benzene rings is 1. The highest BCUT2D eigenvalue weighted by Crippen LogP contribution is 2.18. The fourth-order valence-corrected chi connectivity index (χ4v) is 1.56. The van der Waals surface area contributed by atoms with Gasteiger partial charge < -0.3 is 4.74 Å². The van der Waals surface area contributed by atoms with Crippen LogP contribution < -0.4 is 10.1 Å². The third-order valence-corrected chi connectivity index (χ3v) is 2.52. The van der Waals surface area contributed by atoms with Crippen LogP contribution in [0.4, 0.5) is 4.79 Å². The number of hydrogen-bond acceptors (Lipinski definition) is 3. The molecular formula is C12H12N2O3. The SMILES string of the molecule is COc1cccc(/C=C2/C(=O)NC(=O)N2C)c1. The van der Waals surface area contributed by atoms with Crippen molar-refractivity contribution >= 4 is 18.0 Å². The summed E-state index contributed by atoms with van der Waals surface area (Å²) in [5.74, 6) is 0.312. The number of carbonyl (C=O) groups excluding carboxylic acids is 2. The van der Waals surface area contributed by atoms with Gasteiger partial charge in [-0.2, -0.15) is 0 Å². The van der Waals surface area contributed by atoms with Gasteiger partial charge in [-0.1, -0.05) is 12.1 Å². The lowest BCUT2D eigenvalue weighted by Crippen LogP contribution is -2.24. The molecule has 0 bridgehead atoms. The minimum atomic E-state index is -0.413. The molecule has 3 amide bonds.